The summed E-state index contributed by atoms with van der Waals surface area (Å²) in [5.41, 5.74) is 3.34. The molecule has 1 aromatic heterocycles. The highest BCUT2D eigenvalue weighted by Crippen LogP contribution is 2.44. The maximum atomic E-state index is 12.6. The Kier molecular flexibility index (Phi) is 7.76. The van der Waals surface area contributed by atoms with E-state index in [1.807, 2.05) is 48.5 Å². The monoisotopic (exact) mass is 534 g/mol. The van der Waals surface area contributed by atoms with Gasteiger partial charge in [-0.1, -0.05) is 53.7 Å². The number of benzene rings is 2. The highest BCUT2D eigenvalue weighted by Gasteiger charge is 2.34. The van der Waals surface area contributed by atoms with Gasteiger partial charge in [-0.15, -0.1) is 5.10 Å². The van der Waals surface area contributed by atoms with Gasteiger partial charge in [0, 0.05) is 18.5 Å². The van der Waals surface area contributed by atoms with E-state index in [1.165, 1.54) is 4.68 Å². The molecule has 1 aliphatic rings. The molecule has 1 aliphatic carbocycles. The second-order valence-electron chi connectivity index (χ2n) is 11.4. The van der Waals surface area contributed by atoms with Gasteiger partial charge in [0.15, 0.2) is 0 Å². The smallest absolute Gasteiger partial charge is 0.407 e. The molecule has 1 atom stereocenters. The number of carboxylic acids is 1. The van der Waals surface area contributed by atoms with Gasteiger partial charge in [-0.25, -0.2) is 14.3 Å². The highest BCUT2D eigenvalue weighted by molar-refractivity contribution is 5.81. The van der Waals surface area contributed by atoms with E-state index in [1.54, 1.807) is 40.8 Å². The lowest BCUT2D eigenvalue weighted by Crippen LogP contribution is -2.44. The van der Waals surface area contributed by atoms with Crippen LogP contribution in [0.15, 0.2) is 54.7 Å². The van der Waals surface area contributed by atoms with Crippen molar-refractivity contribution in [2.75, 3.05) is 6.61 Å². The number of alkyl carbamates (subject to hydrolysis) is 1. The quantitative estimate of drug-likeness (QED) is 0.391. The molecule has 1 amide bonds. The van der Waals surface area contributed by atoms with Gasteiger partial charge in [-0.05, 0) is 56.9 Å². The van der Waals surface area contributed by atoms with Crippen molar-refractivity contribution < 1.29 is 29.0 Å². The topological polar surface area (TPSA) is 133 Å². The van der Waals surface area contributed by atoms with Gasteiger partial charge in [0.25, 0.3) is 0 Å². The average Bonchev–Trinajstić information content (AvgIpc) is 3.42. The first kappa shape index (κ1) is 27.8. The van der Waals surface area contributed by atoms with Crippen LogP contribution in [0.5, 0.6) is 0 Å². The van der Waals surface area contributed by atoms with E-state index in [0.29, 0.717) is 5.69 Å². The van der Waals surface area contributed by atoms with E-state index < -0.39 is 29.1 Å². The second-order valence-corrected chi connectivity index (χ2v) is 11.4. The van der Waals surface area contributed by atoms with Crippen molar-refractivity contribution in [3.63, 3.8) is 0 Å². The summed E-state index contributed by atoms with van der Waals surface area (Å²) in [6, 6.07) is 14.6. The van der Waals surface area contributed by atoms with Crippen LogP contribution in [0.25, 0.3) is 11.1 Å². The highest BCUT2D eigenvalue weighted by atomic mass is 16.6. The van der Waals surface area contributed by atoms with Crippen molar-refractivity contribution >= 4 is 18.0 Å². The minimum absolute atomic E-state index is 0.0689. The summed E-state index contributed by atoms with van der Waals surface area (Å²) in [4.78, 5) is 37.1. The van der Waals surface area contributed by atoms with E-state index in [0.717, 1.165) is 22.3 Å². The lowest BCUT2D eigenvalue weighted by molar-refractivity contribution is -0.165. The summed E-state index contributed by atoms with van der Waals surface area (Å²) >= 11 is 0. The summed E-state index contributed by atoms with van der Waals surface area (Å²) in [6.07, 6.45) is 0.969. The largest absolute Gasteiger partial charge is 0.480 e. The first-order chi connectivity index (χ1) is 18.3. The van der Waals surface area contributed by atoms with Crippen molar-refractivity contribution in [3.8, 4) is 11.1 Å². The average molecular weight is 535 g/mol. The number of ether oxygens (including phenoxy) is 2. The number of nitrogens with zero attached hydrogens (tertiary/aromatic N) is 3. The molecule has 2 aromatic carbocycles. The third-order valence-corrected chi connectivity index (χ3v) is 6.46. The summed E-state index contributed by atoms with van der Waals surface area (Å²) in [6.45, 7) is 8.79. The van der Waals surface area contributed by atoms with E-state index in [4.69, 9.17) is 9.47 Å². The molecule has 1 heterocycles. The zero-order valence-electron chi connectivity index (χ0n) is 22.8. The number of aromatic nitrogens is 3. The minimum atomic E-state index is -1.30. The van der Waals surface area contributed by atoms with Crippen molar-refractivity contribution in [3.05, 3.63) is 71.5 Å². The standard InChI is InChI=1S/C29H34N4O6/c1-28(2,3)39-26(36)29(4,5)14-18-15-33(32-31-18)16-24(25(34)35)30-27(37)38-17-23-21-12-8-6-10-19(21)20-11-7-9-13-22(20)23/h6-13,15,23-24H,14,16-17H2,1-5H3,(H,30,37)(H,34,35)/t24-/m0/s1. The number of rotatable bonds is 9. The van der Waals surface area contributed by atoms with Gasteiger partial charge < -0.3 is 19.9 Å². The number of amides is 1. The molecule has 10 heteroatoms. The van der Waals surface area contributed by atoms with Crippen LogP contribution < -0.4 is 5.32 Å². The lowest BCUT2D eigenvalue weighted by atomic mass is 9.88. The normalized spacial score (nSPS) is 13.8. The van der Waals surface area contributed by atoms with Crippen molar-refractivity contribution in [2.45, 2.75) is 65.1 Å². The van der Waals surface area contributed by atoms with Gasteiger partial charge in [0.2, 0.25) is 0 Å². The Morgan fingerprint density at radius 2 is 1.59 bits per heavy atom. The third kappa shape index (κ3) is 6.63. The maximum absolute atomic E-state index is 12.6. The number of nitrogens with one attached hydrogen (secondary N) is 1. The fraction of sp³-hybridized carbons (Fsp3) is 0.414. The van der Waals surface area contributed by atoms with Crippen molar-refractivity contribution in [1.29, 1.82) is 0 Å². The van der Waals surface area contributed by atoms with Gasteiger partial charge >= 0.3 is 18.0 Å². The van der Waals surface area contributed by atoms with Gasteiger partial charge in [0.05, 0.1) is 17.7 Å². The van der Waals surface area contributed by atoms with E-state index in [-0.39, 0.29) is 31.5 Å². The molecule has 2 N–H and O–H groups in total. The van der Waals surface area contributed by atoms with Crippen LogP contribution in [0, 0.1) is 5.41 Å². The first-order valence-electron chi connectivity index (χ1n) is 12.8. The van der Waals surface area contributed by atoms with Crippen molar-refractivity contribution in [2.24, 2.45) is 5.41 Å². The van der Waals surface area contributed by atoms with E-state index in [2.05, 4.69) is 15.6 Å². The number of aliphatic carboxylic acids is 1. The van der Waals surface area contributed by atoms with Crippen LogP contribution >= 0.6 is 0 Å². The lowest BCUT2D eigenvalue weighted by Gasteiger charge is -2.27. The minimum Gasteiger partial charge on any atom is -0.480 e. The molecule has 10 nitrogen and oxygen atoms in total. The number of carbonyl (C=O) groups is 3. The molecule has 0 saturated carbocycles. The maximum Gasteiger partial charge on any atom is 0.407 e. The first-order valence-corrected chi connectivity index (χ1v) is 12.8. The SMILES string of the molecule is CC(C)(C)OC(=O)C(C)(C)Cc1cn(C[C@H](NC(=O)OCC2c3ccccc3-c3ccccc32)C(=O)O)nn1. The molecular formula is C29H34N4O6. The van der Waals surface area contributed by atoms with E-state index >= 15 is 0 Å². The molecule has 206 valence electrons. The summed E-state index contributed by atoms with van der Waals surface area (Å²) < 4.78 is 12.3. The molecule has 4 rings (SSSR count). The fourth-order valence-corrected chi connectivity index (χ4v) is 4.60. The molecular weight excluding hydrogens is 500 g/mol. The summed E-state index contributed by atoms with van der Waals surface area (Å²) in [7, 11) is 0. The Labute approximate surface area is 227 Å². The van der Waals surface area contributed by atoms with Crippen LogP contribution in [0.1, 0.15) is 57.4 Å². The van der Waals surface area contributed by atoms with E-state index in [9.17, 15) is 19.5 Å². The molecule has 0 radical (unpaired) electrons. The molecule has 39 heavy (non-hydrogen) atoms. The fourth-order valence-electron chi connectivity index (χ4n) is 4.60. The summed E-state index contributed by atoms with van der Waals surface area (Å²) in [5.74, 6) is -1.75. The number of carboxylic acid groups (broad SMARTS) is 1. The van der Waals surface area contributed by atoms with Gasteiger partial charge in [0.1, 0.15) is 18.2 Å². The molecule has 3 aromatic rings. The van der Waals surface area contributed by atoms with Gasteiger partial charge in [-0.2, -0.15) is 0 Å². The zero-order valence-corrected chi connectivity index (χ0v) is 22.8. The van der Waals surface area contributed by atoms with Crippen molar-refractivity contribution in [1.82, 2.24) is 20.3 Å². The number of carbonyl (C=O) groups excluding carboxylic acids is 2. The Morgan fingerprint density at radius 1 is 1.00 bits per heavy atom. The molecule has 0 fully saturated rings. The second kappa shape index (κ2) is 10.9. The van der Waals surface area contributed by atoms with Crippen LogP contribution in [0.2, 0.25) is 0 Å². The molecule has 0 bridgehead atoms. The third-order valence-electron chi connectivity index (χ3n) is 6.46. The Hall–Kier alpha value is -4.21. The number of hydrogen-bond acceptors (Lipinski definition) is 7. The predicted octanol–water partition coefficient (Wildman–Crippen LogP) is 4.18. The van der Waals surface area contributed by atoms with Crippen LogP contribution in [-0.2, 0) is 32.0 Å². The Morgan fingerprint density at radius 3 is 2.15 bits per heavy atom. The molecule has 0 aliphatic heterocycles. The summed E-state index contributed by atoms with van der Waals surface area (Å²) in [5, 5.41) is 20.2. The Balaban J connectivity index is 1.36. The van der Waals surface area contributed by atoms with Crippen LogP contribution in [0.3, 0.4) is 0 Å². The Bertz CT molecular complexity index is 1330. The van der Waals surface area contributed by atoms with Crippen LogP contribution in [0.4, 0.5) is 4.79 Å². The number of esters is 1. The molecule has 0 spiro atoms. The van der Waals surface area contributed by atoms with Crippen LogP contribution in [-0.4, -0.2) is 56.4 Å². The predicted molar refractivity (Wildman–Crippen MR) is 143 cm³/mol. The zero-order chi connectivity index (χ0) is 28.4. The number of hydrogen-bond donors (Lipinski definition) is 2. The molecule has 0 saturated heterocycles. The van der Waals surface area contributed by atoms with Gasteiger partial charge in [-0.3, -0.25) is 4.79 Å². The molecule has 0 unspecified atom stereocenters. The number of fused-ring (bicyclic) bond motifs is 3.